The number of benzene rings is 4. The number of hydrogen-bond acceptors (Lipinski definition) is 0. The second kappa shape index (κ2) is 6.57. The van der Waals surface area contributed by atoms with E-state index in [2.05, 4.69) is 98.8 Å². The Hall–Kier alpha value is -3.38. The van der Waals surface area contributed by atoms with E-state index < -0.39 is 0 Å². The van der Waals surface area contributed by atoms with Gasteiger partial charge >= 0.3 is 0 Å². The molecule has 0 N–H and O–H groups in total. The molecule has 0 radical (unpaired) electrons. The SMILES string of the molecule is Cc1cc2c(cc1-c1ccc3cc(-c4cc5c(cc4C)C=CC5)ccc3c1)CC=C2. The van der Waals surface area contributed by atoms with Crippen LogP contribution in [-0.4, -0.2) is 0 Å². The average molecular weight is 385 g/mol. The van der Waals surface area contributed by atoms with Crippen molar-refractivity contribution in [3.8, 4) is 22.3 Å². The van der Waals surface area contributed by atoms with Crippen LogP contribution in [0.1, 0.15) is 33.4 Å². The van der Waals surface area contributed by atoms with Crippen LogP contribution in [0.25, 0.3) is 45.2 Å². The maximum atomic E-state index is 2.38. The van der Waals surface area contributed by atoms with E-state index in [1.165, 1.54) is 66.4 Å². The third-order valence-electron chi connectivity index (χ3n) is 6.71. The van der Waals surface area contributed by atoms with Crippen molar-refractivity contribution >= 4 is 22.9 Å². The van der Waals surface area contributed by atoms with Crippen LogP contribution in [0.3, 0.4) is 0 Å². The first kappa shape index (κ1) is 17.5. The third kappa shape index (κ3) is 2.75. The lowest BCUT2D eigenvalue weighted by Crippen LogP contribution is -1.91. The predicted molar refractivity (Wildman–Crippen MR) is 130 cm³/mol. The second-order valence-corrected chi connectivity index (χ2v) is 8.72. The van der Waals surface area contributed by atoms with Gasteiger partial charge in [0.1, 0.15) is 0 Å². The van der Waals surface area contributed by atoms with Gasteiger partial charge in [0, 0.05) is 0 Å². The Balaban J connectivity index is 1.42. The molecule has 0 fully saturated rings. The molecule has 0 atom stereocenters. The zero-order valence-electron chi connectivity index (χ0n) is 17.5. The molecule has 4 aromatic rings. The molecule has 0 spiro atoms. The highest BCUT2D eigenvalue weighted by Gasteiger charge is 2.13. The molecule has 0 aliphatic heterocycles. The normalized spacial score (nSPS) is 13.8. The van der Waals surface area contributed by atoms with E-state index in [1.807, 2.05) is 0 Å². The lowest BCUT2D eigenvalue weighted by Gasteiger charge is -2.13. The van der Waals surface area contributed by atoms with Gasteiger partial charge < -0.3 is 0 Å². The maximum Gasteiger partial charge on any atom is -0.00880 e. The fourth-order valence-corrected chi connectivity index (χ4v) is 5.04. The van der Waals surface area contributed by atoms with Crippen molar-refractivity contribution in [2.24, 2.45) is 0 Å². The van der Waals surface area contributed by atoms with Gasteiger partial charge in [0.2, 0.25) is 0 Å². The smallest absolute Gasteiger partial charge is 0.00880 e. The highest BCUT2D eigenvalue weighted by molar-refractivity contribution is 5.92. The molecule has 0 nitrogen and oxygen atoms in total. The van der Waals surface area contributed by atoms with Crippen LogP contribution in [0.2, 0.25) is 0 Å². The Morgan fingerprint density at radius 1 is 0.533 bits per heavy atom. The van der Waals surface area contributed by atoms with Crippen LogP contribution in [-0.2, 0) is 12.8 Å². The Morgan fingerprint density at radius 3 is 1.47 bits per heavy atom. The van der Waals surface area contributed by atoms with Crippen LogP contribution in [0.5, 0.6) is 0 Å². The van der Waals surface area contributed by atoms with Crippen LogP contribution >= 0.6 is 0 Å². The summed E-state index contributed by atoms with van der Waals surface area (Å²) >= 11 is 0. The van der Waals surface area contributed by atoms with Gasteiger partial charge in [-0.1, -0.05) is 60.7 Å². The molecule has 0 saturated heterocycles. The van der Waals surface area contributed by atoms with Crippen molar-refractivity contribution in [2.75, 3.05) is 0 Å². The standard InChI is InChI=1S/C30H24/c1-19-13-21-5-3-7-23(21)17-29(19)27-11-9-26-16-28(12-10-25(26)15-27)30-18-24-8-4-6-22(24)14-20(30)2/h3-6,9-18H,7-8H2,1-2H3. The molecule has 0 saturated carbocycles. The predicted octanol–water partition coefficient (Wildman–Crippen LogP) is 7.93. The molecule has 0 heterocycles. The molecular formula is C30H24. The topological polar surface area (TPSA) is 0 Å². The number of allylic oxidation sites excluding steroid dienone is 2. The van der Waals surface area contributed by atoms with E-state index in [4.69, 9.17) is 0 Å². The first-order valence-electron chi connectivity index (χ1n) is 10.8. The highest BCUT2D eigenvalue weighted by Crippen LogP contribution is 2.35. The van der Waals surface area contributed by atoms with Crippen molar-refractivity contribution in [3.05, 3.63) is 106 Å². The lowest BCUT2D eigenvalue weighted by molar-refractivity contribution is 1.29. The lowest BCUT2D eigenvalue weighted by atomic mass is 9.91. The quantitative estimate of drug-likeness (QED) is 0.329. The molecule has 0 heteroatoms. The Kier molecular flexibility index (Phi) is 3.83. The highest BCUT2D eigenvalue weighted by atomic mass is 14.2. The average Bonchev–Trinajstić information content (AvgIpc) is 3.40. The molecule has 0 aromatic heterocycles. The van der Waals surface area contributed by atoms with Gasteiger partial charge in [-0.3, -0.25) is 0 Å². The Morgan fingerprint density at radius 2 is 1.00 bits per heavy atom. The van der Waals surface area contributed by atoms with E-state index in [1.54, 1.807) is 0 Å². The number of hydrogen-bond donors (Lipinski definition) is 0. The monoisotopic (exact) mass is 384 g/mol. The van der Waals surface area contributed by atoms with Gasteiger partial charge in [0.05, 0.1) is 0 Å². The van der Waals surface area contributed by atoms with Crippen LogP contribution in [0, 0.1) is 13.8 Å². The maximum absolute atomic E-state index is 2.38. The minimum absolute atomic E-state index is 1.05. The van der Waals surface area contributed by atoms with Crippen molar-refractivity contribution in [1.29, 1.82) is 0 Å². The Bertz CT molecular complexity index is 1290. The minimum atomic E-state index is 1.05. The van der Waals surface area contributed by atoms with Gasteiger partial charge in [-0.2, -0.15) is 0 Å². The summed E-state index contributed by atoms with van der Waals surface area (Å²) in [6.07, 6.45) is 11.1. The molecule has 6 rings (SSSR count). The zero-order chi connectivity index (χ0) is 20.2. The minimum Gasteiger partial charge on any atom is -0.0795 e. The molecule has 4 aromatic carbocycles. The summed E-state index contributed by atoms with van der Waals surface area (Å²) < 4.78 is 0. The molecule has 0 amide bonds. The number of aryl methyl sites for hydroxylation is 2. The molecule has 2 aliphatic carbocycles. The molecular weight excluding hydrogens is 360 g/mol. The van der Waals surface area contributed by atoms with Gasteiger partial charge in [0.15, 0.2) is 0 Å². The summed E-state index contributed by atoms with van der Waals surface area (Å²) in [5.41, 5.74) is 13.6. The summed E-state index contributed by atoms with van der Waals surface area (Å²) in [6, 6.07) is 23.2. The zero-order valence-corrected chi connectivity index (χ0v) is 17.5. The summed E-state index contributed by atoms with van der Waals surface area (Å²) in [7, 11) is 0. The fraction of sp³-hybridized carbons (Fsp3) is 0.133. The summed E-state index contributed by atoms with van der Waals surface area (Å²) in [4.78, 5) is 0. The van der Waals surface area contributed by atoms with Crippen LogP contribution < -0.4 is 0 Å². The second-order valence-electron chi connectivity index (χ2n) is 8.72. The van der Waals surface area contributed by atoms with Crippen LogP contribution in [0.15, 0.2) is 72.8 Å². The third-order valence-corrected chi connectivity index (χ3v) is 6.71. The molecule has 144 valence electrons. The first-order chi connectivity index (χ1) is 14.7. The van der Waals surface area contributed by atoms with Crippen molar-refractivity contribution in [1.82, 2.24) is 0 Å². The van der Waals surface area contributed by atoms with Crippen LogP contribution in [0.4, 0.5) is 0 Å². The largest absolute Gasteiger partial charge is 0.0795 e. The molecule has 2 aliphatic rings. The van der Waals surface area contributed by atoms with E-state index in [0.29, 0.717) is 0 Å². The van der Waals surface area contributed by atoms with Crippen molar-refractivity contribution in [2.45, 2.75) is 26.7 Å². The van der Waals surface area contributed by atoms with E-state index in [-0.39, 0.29) is 0 Å². The summed E-state index contributed by atoms with van der Waals surface area (Å²) in [6.45, 7) is 4.45. The van der Waals surface area contributed by atoms with Crippen molar-refractivity contribution < 1.29 is 0 Å². The molecule has 0 unspecified atom stereocenters. The fourth-order valence-electron chi connectivity index (χ4n) is 5.04. The van der Waals surface area contributed by atoms with Gasteiger partial charge in [-0.15, -0.1) is 0 Å². The number of rotatable bonds is 2. The van der Waals surface area contributed by atoms with Gasteiger partial charge in [-0.05, 0) is 117 Å². The van der Waals surface area contributed by atoms with E-state index in [0.717, 1.165) is 12.8 Å². The van der Waals surface area contributed by atoms with Crippen molar-refractivity contribution in [3.63, 3.8) is 0 Å². The first-order valence-corrected chi connectivity index (χ1v) is 10.8. The molecule has 0 bridgehead atoms. The number of fused-ring (bicyclic) bond motifs is 3. The summed E-state index contributed by atoms with van der Waals surface area (Å²) in [5.74, 6) is 0. The molecule has 30 heavy (non-hydrogen) atoms. The van der Waals surface area contributed by atoms with Gasteiger partial charge in [-0.25, -0.2) is 0 Å². The Labute approximate surface area is 178 Å². The summed E-state index contributed by atoms with van der Waals surface area (Å²) in [5, 5.41) is 2.60. The van der Waals surface area contributed by atoms with E-state index in [9.17, 15) is 0 Å². The van der Waals surface area contributed by atoms with Gasteiger partial charge in [0.25, 0.3) is 0 Å². The van der Waals surface area contributed by atoms with E-state index >= 15 is 0 Å².